The van der Waals surface area contributed by atoms with Crippen molar-refractivity contribution >= 4 is 40.2 Å². The van der Waals surface area contributed by atoms with Crippen LogP contribution in [0.5, 0.6) is 0 Å². The third kappa shape index (κ3) is 2.54. The van der Waals surface area contributed by atoms with Crippen LogP contribution in [0.2, 0.25) is 0 Å². The van der Waals surface area contributed by atoms with Gasteiger partial charge in [0.25, 0.3) is 5.91 Å². The molecule has 0 saturated carbocycles. The molecule has 17 heavy (non-hydrogen) atoms. The standard InChI is InChI=1S/C10H11IN4O2/c1-15-8(16)3-2-7(10(15)17)14-9-6(11)4-12-5-13-9/h4-5,7H,2-3H2,1H3,(H,12,13,14). The number of piperidine rings is 1. The summed E-state index contributed by atoms with van der Waals surface area (Å²) in [5.74, 6) is 0.280. The van der Waals surface area contributed by atoms with Gasteiger partial charge in [-0.2, -0.15) is 0 Å². The quantitative estimate of drug-likeness (QED) is 0.628. The largest absolute Gasteiger partial charge is 0.357 e. The van der Waals surface area contributed by atoms with E-state index in [9.17, 15) is 9.59 Å². The molecule has 0 aromatic carbocycles. The second-order valence-corrected chi connectivity index (χ2v) is 4.91. The molecule has 1 atom stereocenters. The van der Waals surface area contributed by atoms with Crippen molar-refractivity contribution in [2.24, 2.45) is 0 Å². The topological polar surface area (TPSA) is 75.2 Å². The molecule has 2 amide bonds. The third-order valence-corrected chi connectivity index (χ3v) is 3.42. The van der Waals surface area contributed by atoms with Gasteiger partial charge in [-0.25, -0.2) is 9.97 Å². The molecule has 0 aliphatic carbocycles. The number of nitrogens with one attached hydrogen (secondary N) is 1. The van der Waals surface area contributed by atoms with Crippen LogP contribution in [0.15, 0.2) is 12.5 Å². The molecule has 7 heteroatoms. The maximum Gasteiger partial charge on any atom is 0.251 e. The number of likely N-dealkylation sites (N-methyl/N-ethyl adjacent to an activating group) is 1. The summed E-state index contributed by atoms with van der Waals surface area (Å²) in [7, 11) is 1.50. The first-order valence-electron chi connectivity index (χ1n) is 5.12. The van der Waals surface area contributed by atoms with E-state index in [1.807, 2.05) is 0 Å². The summed E-state index contributed by atoms with van der Waals surface area (Å²) in [5.41, 5.74) is 0. The second kappa shape index (κ2) is 4.94. The number of likely N-dealkylation sites (tertiary alicyclic amines) is 1. The molecule has 2 heterocycles. The van der Waals surface area contributed by atoms with Crippen molar-refractivity contribution in [2.75, 3.05) is 12.4 Å². The molecule has 1 saturated heterocycles. The van der Waals surface area contributed by atoms with E-state index in [4.69, 9.17) is 0 Å². The van der Waals surface area contributed by atoms with Crippen molar-refractivity contribution in [1.82, 2.24) is 14.9 Å². The molecule has 1 unspecified atom stereocenters. The van der Waals surface area contributed by atoms with Crippen LogP contribution in [-0.2, 0) is 9.59 Å². The third-order valence-electron chi connectivity index (χ3n) is 2.63. The molecular weight excluding hydrogens is 335 g/mol. The van der Waals surface area contributed by atoms with Crippen LogP contribution in [0.4, 0.5) is 5.82 Å². The highest BCUT2D eigenvalue weighted by Gasteiger charge is 2.32. The van der Waals surface area contributed by atoms with Crippen molar-refractivity contribution < 1.29 is 9.59 Å². The van der Waals surface area contributed by atoms with E-state index in [2.05, 4.69) is 37.9 Å². The Morgan fingerprint density at radius 2 is 2.29 bits per heavy atom. The Bertz CT molecular complexity index is 465. The minimum atomic E-state index is -0.388. The van der Waals surface area contributed by atoms with Gasteiger partial charge >= 0.3 is 0 Å². The molecule has 1 aromatic rings. The zero-order valence-electron chi connectivity index (χ0n) is 9.18. The number of carbonyl (C=O) groups excluding carboxylic acids is 2. The van der Waals surface area contributed by atoms with Gasteiger partial charge in [0, 0.05) is 19.7 Å². The minimum Gasteiger partial charge on any atom is -0.357 e. The lowest BCUT2D eigenvalue weighted by molar-refractivity contribution is -0.146. The fraction of sp³-hybridized carbons (Fsp3) is 0.400. The van der Waals surface area contributed by atoms with Gasteiger partial charge in [-0.1, -0.05) is 0 Å². The van der Waals surface area contributed by atoms with Crippen molar-refractivity contribution in [3.63, 3.8) is 0 Å². The Labute approximate surface area is 112 Å². The molecular formula is C10H11IN4O2. The maximum atomic E-state index is 11.8. The van der Waals surface area contributed by atoms with Crippen LogP contribution in [0.25, 0.3) is 0 Å². The summed E-state index contributed by atoms with van der Waals surface area (Å²) in [4.78, 5) is 32.3. The van der Waals surface area contributed by atoms with Crippen LogP contribution in [0.1, 0.15) is 12.8 Å². The fourth-order valence-corrected chi connectivity index (χ4v) is 2.09. The number of anilines is 1. The van der Waals surface area contributed by atoms with Gasteiger partial charge in [-0.05, 0) is 29.0 Å². The zero-order valence-corrected chi connectivity index (χ0v) is 11.3. The first-order valence-corrected chi connectivity index (χ1v) is 6.20. The Balaban J connectivity index is 2.12. The van der Waals surface area contributed by atoms with Crippen molar-refractivity contribution in [3.8, 4) is 0 Å². The Morgan fingerprint density at radius 3 is 3.00 bits per heavy atom. The molecule has 2 rings (SSSR count). The molecule has 6 nitrogen and oxygen atoms in total. The van der Waals surface area contributed by atoms with Crippen molar-refractivity contribution in [1.29, 1.82) is 0 Å². The number of aromatic nitrogens is 2. The van der Waals surface area contributed by atoms with Gasteiger partial charge in [0.2, 0.25) is 5.91 Å². The molecule has 0 radical (unpaired) electrons. The van der Waals surface area contributed by atoms with E-state index in [-0.39, 0.29) is 17.9 Å². The number of nitrogens with zero attached hydrogens (tertiary/aromatic N) is 3. The Hall–Kier alpha value is -1.25. The number of hydrogen-bond acceptors (Lipinski definition) is 5. The number of halogens is 1. The first kappa shape index (κ1) is 12.2. The lowest BCUT2D eigenvalue weighted by atomic mass is 10.0. The number of amides is 2. The SMILES string of the molecule is CN1C(=O)CCC(Nc2ncncc2I)C1=O. The van der Waals surface area contributed by atoms with Crippen LogP contribution < -0.4 is 5.32 Å². The number of imide groups is 1. The van der Waals surface area contributed by atoms with E-state index >= 15 is 0 Å². The second-order valence-electron chi connectivity index (χ2n) is 3.75. The van der Waals surface area contributed by atoms with Crippen molar-refractivity contribution in [2.45, 2.75) is 18.9 Å². The average Bonchev–Trinajstić information content (AvgIpc) is 2.32. The normalized spacial score (nSPS) is 20.6. The van der Waals surface area contributed by atoms with Crippen LogP contribution in [0.3, 0.4) is 0 Å². The predicted molar refractivity (Wildman–Crippen MR) is 69.2 cm³/mol. The van der Waals surface area contributed by atoms with Gasteiger partial charge in [-0.3, -0.25) is 14.5 Å². The van der Waals surface area contributed by atoms with Crippen molar-refractivity contribution in [3.05, 3.63) is 16.1 Å². The molecule has 0 spiro atoms. The highest BCUT2D eigenvalue weighted by atomic mass is 127. The van der Waals surface area contributed by atoms with Gasteiger partial charge in [0.15, 0.2) is 0 Å². The molecule has 0 bridgehead atoms. The molecule has 90 valence electrons. The molecule has 1 aromatic heterocycles. The molecule has 1 fully saturated rings. The zero-order chi connectivity index (χ0) is 12.4. The predicted octanol–water partition coefficient (Wildman–Crippen LogP) is 0.640. The van der Waals surface area contributed by atoms with Gasteiger partial charge < -0.3 is 5.32 Å². The monoisotopic (exact) mass is 346 g/mol. The van der Waals surface area contributed by atoms with E-state index in [0.29, 0.717) is 18.7 Å². The fourth-order valence-electron chi connectivity index (χ4n) is 1.63. The van der Waals surface area contributed by atoms with Gasteiger partial charge in [-0.15, -0.1) is 0 Å². The smallest absolute Gasteiger partial charge is 0.251 e. The first-order chi connectivity index (χ1) is 8.09. The molecule has 1 aliphatic rings. The molecule has 1 aliphatic heterocycles. The van der Waals surface area contributed by atoms with E-state index in [0.717, 1.165) is 8.47 Å². The average molecular weight is 346 g/mol. The summed E-state index contributed by atoms with van der Waals surface area (Å²) in [5, 5.41) is 3.05. The minimum absolute atomic E-state index is 0.134. The highest BCUT2D eigenvalue weighted by Crippen LogP contribution is 2.19. The summed E-state index contributed by atoms with van der Waals surface area (Å²) >= 11 is 2.09. The Kier molecular flexibility index (Phi) is 3.55. The number of carbonyl (C=O) groups is 2. The van der Waals surface area contributed by atoms with Crippen LogP contribution in [-0.4, -0.2) is 39.8 Å². The number of hydrogen-bond donors (Lipinski definition) is 1. The summed E-state index contributed by atoms with van der Waals surface area (Å²) in [6.45, 7) is 0. The van der Waals surface area contributed by atoms with Crippen LogP contribution in [0, 0.1) is 3.57 Å². The van der Waals surface area contributed by atoms with Crippen LogP contribution >= 0.6 is 22.6 Å². The van der Waals surface area contributed by atoms with E-state index in [1.165, 1.54) is 13.4 Å². The van der Waals surface area contributed by atoms with Gasteiger partial charge in [0.05, 0.1) is 3.57 Å². The van der Waals surface area contributed by atoms with E-state index < -0.39 is 0 Å². The summed E-state index contributed by atoms with van der Waals surface area (Å²) in [6, 6.07) is -0.388. The highest BCUT2D eigenvalue weighted by molar-refractivity contribution is 14.1. The lowest BCUT2D eigenvalue weighted by Crippen LogP contribution is -2.48. The summed E-state index contributed by atoms with van der Waals surface area (Å²) < 4.78 is 0.845. The number of rotatable bonds is 2. The Morgan fingerprint density at radius 1 is 1.53 bits per heavy atom. The maximum absolute atomic E-state index is 11.8. The van der Waals surface area contributed by atoms with Gasteiger partial charge in [0.1, 0.15) is 18.2 Å². The lowest BCUT2D eigenvalue weighted by Gasteiger charge is -2.28. The van der Waals surface area contributed by atoms with E-state index in [1.54, 1.807) is 6.20 Å². The molecule has 1 N–H and O–H groups in total. The summed E-state index contributed by atoms with van der Waals surface area (Å²) in [6.07, 6.45) is 3.97.